The second-order valence-corrected chi connectivity index (χ2v) is 4.63. The van der Waals surface area contributed by atoms with E-state index in [0.717, 1.165) is 17.4 Å². The van der Waals surface area contributed by atoms with E-state index >= 15 is 0 Å². The third kappa shape index (κ3) is 3.62. The van der Waals surface area contributed by atoms with E-state index in [1.54, 1.807) is 18.2 Å². The molecule has 0 unspecified atom stereocenters. The predicted molar refractivity (Wildman–Crippen MR) is 79.4 cm³/mol. The molecule has 0 aliphatic heterocycles. The molecule has 0 radical (unpaired) electrons. The molecule has 1 N–H and O–H groups in total. The first kappa shape index (κ1) is 14.2. The molecule has 0 aromatic heterocycles. The fourth-order valence-electron chi connectivity index (χ4n) is 1.67. The van der Waals surface area contributed by atoms with E-state index in [1.807, 2.05) is 31.2 Å². The summed E-state index contributed by atoms with van der Waals surface area (Å²) in [7, 11) is 0. The first-order valence-corrected chi connectivity index (χ1v) is 6.38. The van der Waals surface area contributed by atoms with Gasteiger partial charge in [0.1, 0.15) is 11.5 Å². The minimum Gasteiger partial charge on any atom is -0.478 e. The number of benzene rings is 2. The molecule has 20 heavy (non-hydrogen) atoms. The van der Waals surface area contributed by atoms with Gasteiger partial charge in [0.15, 0.2) is 0 Å². The van der Waals surface area contributed by atoms with E-state index in [2.05, 4.69) is 0 Å². The molecule has 0 saturated carbocycles. The Hall–Kier alpha value is -2.26. The van der Waals surface area contributed by atoms with E-state index in [-0.39, 0.29) is 0 Å². The summed E-state index contributed by atoms with van der Waals surface area (Å²) >= 11 is 6.09. The molecule has 102 valence electrons. The molecule has 3 nitrogen and oxygen atoms in total. The molecule has 4 heteroatoms. The van der Waals surface area contributed by atoms with Crippen molar-refractivity contribution in [1.29, 1.82) is 0 Å². The SMILES string of the molecule is Cc1ccccc1Oc1ccc(/C=C/C(=O)O)c(Cl)c1. The van der Waals surface area contributed by atoms with Crippen LogP contribution >= 0.6 is 11.6 Å². The molecular weight excluding hydrogens is 276 g/mol. The summed E-state index contributed by atoms with van der Waals surface area (Å²) in [6, 6.07) is 12.8. The Balaban J connectivity index is 2.21. The average molecular weight is 289 g/mol. The van der Waals surface area contributed by atoms with Gasteiger partial charge in [0.05, 0.1) is 5.02 Å². The van der Waals surface area contributed by atoms with Crippen molar-refractivity contribution in [3.63, 3.8) is 0 Å². The molecule has 0 saturated heterocycles. The largest absolute Gasteiger partial charge is 0.478 e. The number of hydrogen-bond acceptors (Lipinski definition) is 2. The van der Waals surface area contributed by atoms with Crippen LogP contribution in [0.5, 0.6) is 11.5 Å². The van der Waals surface area contributed by atoms with Crippen LogP contribution in [0.2, 0.25) is 5.02 Å². The summed E-state index contributed by atoms with van der Waals surface area (Å²) in [5.74, 6) is 0.357. The van der Waals surface area contributed by atoms with Gasteiger partial charge in [0.25, 0.3) is 0 Å². The summed E-state index contributed by atoms with van der Waals surface area (Å²) in [6.07, 6.45) is 2.49. The maximum absolute atomic E-state index is 10.5. The van der Waals surface area contributed by atoms with Crippen LogP contribution in [0.3, 0.4) is 0 Å². The van der Waals surface area contributed by atoms with Crippen LogP contribution in [0.25, 0.3) is 6.08 Å². The van der Waals surface area contributed by atoms with Crippen molar-refractivity contribution in [2.45, 2.75) is 6.92 Å². The number of aliphatic carboxylic acids is 1. The van der Waals surface area contributed by atoms with Crippen LogP contribution in [0.4, 0.5) is 0 Å². The zero-order valence-corrected chi connectivity index (χ0v) is 11.6. The van der Waals surface area contributed by atoms with Gasteiger partial charge >= 0.3 is 5.97 Å². The fraction of sp³-hybridized carbons (Fsp3) is 0.0625. The molecule has 2 aromatic carbocycles. The Morgan fingerprint density at radius 3 is 2.65 bits per heavy atom. The summed E-state index contributed by atoms with van der Waals surface area (Å²) in [6.45, 7) is 1.96. The molecule has 0 fully saturated rings. The lowest BCUT2D eigenvalue weighted by atomic mass is 10.2. The normalized spacial score (nSPS) is 10.7. The molecule has 0 aliphatic rings. The van der Waals surface area contributed by atoms with Crippen LogP contribution in [0.15, 0.2) is 48.5 Å². The maximum atomic E-state index is 10.5. The highest BCUT2D eigenvalue weighted by Crippen LogP contribution is 2.29. The van der Waals surface area contributed by atoms with Crippen LogP contribution in [-0.4, -0.2) is 11.1 Å². The zero-order chi connectivity index (χ0) is 14.5. The van der Waals surface area contributed by atoms with Gasteiger partial charge in [0.2, 0.25) is 0 Å². The van der Waals surface area contributed by atoms with Crippen molar-refractivity contribution in [3.05, 3.63) is 64.7 Å². The zero-order valence-electron chi connectivity index (χ0n) is 10.8. The number of hydrogen-bond donors (Lipinski definition) is 1. The Labute approximate surface area is 122 Å². The van der Waals surface area contributed by atoms with Crippen LogP contribution in [0, 0.1) is 6.92 Å². The summed E-state index contributed by atoms with van der Waals surface area (Å²) in [4.78, 5) is 10.5. The molecule has 0 bridgehead atoms. The standard InChI is InChI=1S/C16H13ClO3/c1-11-4-2-3-5-15(11)20-13-8-6-12(14(17)10-13)7-9-16(18)19/h2-10H,1H3,(H,18,19)/b9-7+. The predicted octanol–water partition coefficient (Wildman–Crippen LogP) is 4.54. The molecule has 0 spiro atoms. The molecule has 0 atom stereocenters. The van der Waals surface area contributed by atoms with Crippen molar-refractivity contribution in [2.24, 2.45) is 0 Å². The van der Waals surface area contributed by atoms with Gasteiger partial charge in [-0.2, -0.15) is 0 Å². The van der Waals surface area contributed by atoms with Crippen molar-refractivity contribution in [2.75, 3.05) is 0 Å². The van der Waals surface area contributed by atoms with E-state index < -0.39 is 5.97 Å². The molecule has 0 amide bonds. The monoisotopic (exact) mass is 288 g/mol. The van der Waals surface area contributed by atoms with Crippen molar-refractivity contribution >= 4 is 23.6 Å². The number of rotatable bonds is 4. The Bertz CT molecular complexity index is 663. The van der Waals surface area contributed by atoms with E-state index in [1.165, 1.54) is 6.08 Å². The quantitative estimate of drug-likeness (QED) is 0.840. The maximum Gasteiger partial charge on any atom is 0.328 e. The number of carbonyl (C=O) groups is 1. The number of carboxylic acids is 1. The Kier molecular flexibility index (Phi) is 4.43. The third-order valence-electron chi connectivity index (χ3n) is 2.70. The first-order chi connectivity index (χ1) is 9.56. The van der Waals surface area contributed by atoms with E-state index in [0.29, 0.717) is 16.3 Å². The number of carboxylic acid groups (broad SMARTS) is 1. The Morgan fingerprint density at radius 2 is 2.00 bits per heavy atom. The van der Waals surface area contributed by atoms with Gasteiger partial charge < -0.3 is 9.84 Å². The highest BCUT2D eigenvalue weighted by molar-refractivity contribution is 6.32. The minimum absolute atomic E-state index is 0.439. The van der Waals surface area contributed by atoms with Gasteiger partial charge in [-0.05, 0) is 48.4 Å². The van der Waals surface area contributed by atoms with Crippen molar-refractivity contribution < 1.29 is 14.6 Å². The lowest BCUT2D eigenvalue weighted by Crippen LogP contribution is -1.89. The summed E-state index contributed by atoms with van der Waals surface area (Å²) < 4.78 is 5.75. The number of para-hydroxylation sites is 1. The molecule has 2 aromatic rings. The summed E-state index contributed by atoms with van der Waals surface area (Å²) in [5.41, 5.74) is 1.66. The number of ether oxygens (including phenoxy) is 1. The van der Waals surface area contributed by atoms with Gasteiger partial charge in [0, 0.05) is 6.08 Å². The van der Waals surface area contributed by atoms with E-state index in [4.69, 9.17) is 21.4 Å². The second kappa shape index (κ2) is 6.26. The van der Waals surface area contributed by atoms with Gasteiger partial charge in [-0.1, -0.05) is 29.8 Å². The van der Waals surface area contributed by atoms with E-state index in [9.17, 15) is 4.79 Å². The summed E-state index contributed by atoms with van der Waals surface area (Å²) in [5, 5.41) is 9.03. The number of halogens is 1. The van der Waals surface area contributed by atoms with Gasteiger partial charge in [-0.3, -0.25) is 0 Å². The molecule has 2 rings (SSSR count). The Morgan fingerprint density at radius 1 is 1.25 bits per heavy atom. The smallest absolute Gasteiger partial charge is 0.328 e. The highest BCUT2D eigenvalue weighted by Gasteiger charge is 2.04. The lowest BCUT2D eigenvalue weighted by molar-refractivity contribution is -0.131. The topological polar surface area (TPSA) is 46.5 Å². The average Bonchev–Trinajstić information content (AvgIpc) is 2.40. The van der Waals surface area contributed by atoms with Crippen LogP contribution < -0.4 is 4.74 Å². The highest BCUT2D eigenvalue weighted by atomic mass is 35.5. The van der Waals surface area contributed by atoms with Crippen LogP contribution in [-0.2, 0) is 4.79 Å². The fourth-order valence-corrected chi connectivity index (χ4v) is 1.90. The lowest BCUT2D eigenvalue weighted by Gasteiger charge is -2.09. The van der Waals surface area contributed by atoms with Crippen LogP contribution in [0.1, 0.15) is 11.1 Å². The third-order valence-corrected chi connectivity index (χ3v) is 3.03. The van der Waals surface area contributed by atoms with Crippen molar-refractivity contribution in [1.82, 2.24) is 0 Å². The van der Waals surface area contributed by atoms with Gasteiger partial charge in [-0.15, -0.1) is 0 Å². The molecule has 0 aliphatic carbocycles. The van der Waals surface area contributed by atoms with Crippen molar-refractivity contribution in [3.8, 4) is 11.5 Å². The second-order valence-electron chi connectivity index (χ2n) is 4.22. The number of aryl methyl sites for hydroxylation is 1. The minimum atomic E-state index is -1.01. The molecule has 0 heterocycles. The molecular formula is C16H13ClO3. The van der Waals surface area contributed by atoms with Gasteiger partial charge in [-0.25, -0.2) is 4.79 Å². The first-order valence-electron chi connectivity index (χ1n) is 6.00.